The predicted octanol–water partition coefficient (Wildman–Crippen LogP) is 3.09. The van der Waals surface area contributed by atoms with Crippen molar-refractivity contribution in [3.8, 4) is 0 Å². The minimum Gasteiger partial charge on any atom is -0.352 e. The summed E-state index contributed by atoms with van der Waals surface area (Å²) in [6, 6.07) is 10.1. The first-order valence-corrected chi connectivity index (χ1v) is 7.59. The van der Waals surface area contributed by atoms with Crippen molar-refractivity contribution in [3.05, 3.63) is 47.7 Å². The number of nitrogens with zero attached hydrogens (tertiary/aromatic N) is 4. The molecule has 0 fully saturated rings. The Kier molecular flexibility index (Phi) is 3.04. The lowest BCUT2D eigenvalue weighted by molar-refractivity contribution is 0.844. The topological polar surface area (TPSA) is 73.5 Å². The van der Waals surface area contributed by atoms with E-state index in [1.165, 1.54) is 0 Å². The van der Waals surface area contributed by atoms with Gasteiger partial charge in [0.15, 0.2) is 0 Å². The van der Waals surface area contributed by atoms with E-state index in [0.717, 1.165) is 45.2 Å². The molecule has 3 heterocycles. The fourth-order valence-electron chi connectivity index (χ4n) is 2.90. The zero-order chi connectivity index (χ0) is 16.0. The van der Waals surface area contributed by atoms with Crippen LogP contribution >= 0.6 is 0 Å². The van der Waals surface area contributed by atoms with Gasteiger partial charge in [-0.05, 0) is 32.0 Å². The number of fused-ring (bicyclic) bond motifs is 2. The van der Waals surface area contributed by atoms with Crippen molar-refractivity contribution in [3.63, 3.8) is 0 Å². The second-order valence-corrected chi connectivity index (χ2v) is 5.87. The van der Waals surface area contributed by atoms with Crippen LogP contribution in [0.4, 0.5) is 5.82 Å². The number of anilines is 1. The van der Waals surface area contributed by atoms with Crippen molar-refractivity contribution in [2.24, 2.45) is 0 Å². The summed E-state index contributed by atoms with van der Waals surface area (Å²) in [4.78, 5) is 22.5. The molecular formula is C17H18N6. The fraction of sp³-hybridized carbons (Fsp3) is 0.235. The van der Waals surface area contributed by atoms with E-state index in [1.54, 1.807) is 0 Å². The third-order valence-corrected chi connectivity index (χ3v) is 3.90. The Morgan fingerprint density at radius 3 is 2.70 bits per heavy atom. The normalized spacial score (nSPS) is 11.4. The average molecular weight is 306 g/mol. The van der Waals surface area contributed by atoms with E-state index in [4.69, 9.17) is 0 Å². The molecule has 4 aromatic rings. The summed E-state index contributed by atoms with van der Waals surface area (Å²) in [5.41, 5.74) is 3.99. The Bertz CT molecular complexity index is 964. The predicted molar refractivity (Wildman–Crippen MR) is 91.6 cm³/mol. The highest BCUT2D eigenvalue weighted by molar-refractivity contribution is 5.88. The smallest absolute Gasteiger partial charge is 0.143 e. The zero-order valence-electron chi connectivity index (χ0n) is 13.4. The van der Waals surface area contributed by atoms with Gasteiger partial charge in [0.05, 0.1) is 23.0 Å². The van der Waals surface area contributed by atoms with Gasteiger partial charge in [0.2, 0.25) is 0 Å². The summed E-state index contributed by atoms with van der Waals surface area (Å²) < 4.78 is 0. The van der Waals surface area contributed by atoms with E-state index in [-0.39, 0.29) is 0 Å². The first kappa shape index (κ1) is 13.8. The molecule has 0 spiro atoms. The highest BCUT2D eigenvalue weighted by Crippen LogP contribution is 2.25. The molecule has 0 aliphatic rings. The molecule has 0 saturated carbocycles. The Morgan fingerprint density at radius 1 is 1.04 bits per heavy atom. The minimum atomic E-state index is 0.657. The number of hydrogen-bond donors (Lipinski definition) is 2. The van der Waals surface area contributed by atoms with Crippen LogP contribution in [-0.2, 0) is 6.54 Å². The molecule has 6 heteroatoms. The lowest BCUT2D eigenvalue weighted by Gasteiger charge is -2.17. The number of aromatic amines is 2. The number of hydrogen-bond acceptors (Lipinski definition) is 4. The van der Waals surface area contributed by atoms with Gasteiger partial charge in [-0.15, -0.1) is 0 Å². The van der Waals surface area contributed by atoms with Gasteiger partial charge < -0.3 is 14.9 Å². The van der Waals surface area contributed by atoms with Gasteiger partial charge in [-0.3, -0.25) is 0 Å². The quantitative estimate of drug-likeness (QED) is 0.610. The molecule has 0 unspecified atom stereocenters. The number of benzene rings is 1. The first-order valence-electron chi connectivity index (χ1n) is 7.59. The Morgan fingerprint density at radius 2 is 1.87 bits per heavy atom. The summed E-state index contributed by atoms with van der Waals surface area (Å²) >= 11 is 0. The Labute approximate surface area is 133 Å². The summed E-state index contributed by atoms with van der Waals surface area (Å²) in [5.74, 6) is 2.59. The summed E-state index contributed by atoms with van der Waals surface area (Å²) in [6.45, 7) is 4.60. The number of aromatic nitrogens is 5. The molecule has 6 nitrogen and oxygen atoms in total. The molecule has 0 aliphatic carbocycles. The standard InChI is InChI=1S/C17H18N6/c1-10-8-12-16(18-10)19-11(2)20-17(12)23(3)9-15-21-13-6-4-5-7-14(13)22-15/h4-8H,9H2,1-3H3,(H,21,22)(H,18,19,20). The van der Waals surface area contributed by atoms with Crippen LogP contribution in [0.2, 0.25) is 0 Å². The van der Waals surface area contributed by atoms with E-state index < -0.39 is 0 Å². The first-order chi connectivity index (χ1) is 11.1. The number of rotatable bonds is 3. The third kappa shape index (κ3) is 2.42. The Hall–Kier alpha value is -2.89. The highest BCUT2D eigenvalue weighted by atomic mass is 15.2. The third-order valence-electron chi connectivity index (χ3n) is 3.90. The number of nitrogens with one attached hydrogen (secondary N) is 2. The van der Waals surface area contributed by atoms with Gasteiger partial charge in [-0.1, -0.05) is 12.1 Å². The maximum Gasteiger partial charge on any atom is 0.143 e. The van der Waals surface area contributed by atoms with Crippen LogP contribution in [0.15, 0.2) is 30.3 Å². The monoisotopic (exact) mass is 306 g/mol. The van der Waals surface area contributed by atoms with Crippen molar-refractivity contribution in [1.82, 2.24) is 24.9 Å². The van der Waals surface area contributed by atoms with Crippen LogP contribution in [0.1, 0.15) is 17.3 Å². The fourth-order valence-corrected chi connectivity index (χ4v) is 2.90. The summed E-state index contributed by atoms with van der Waals surface area (Å²) in [5, 5.41) is 1.03. The van der Waals surface area contributed by atoms with E-state index in [0.29, 0.717) is 6.54 Å². The summed E-state index contributed by atoms with van der Waals surface area (Å²) in [7, 11) is 2.02. The number of para-hydroxylation sites is 2. The van der Waals surface area contributed by atoms with E-state index in [2.05, 4.69) is 35.9 Å². The average Bonchev–Trinajstić information content (AvgIpc) is 3.07. The van der Waals surface area contributed by atoms with Crippen LogP contribution in [0.25, 0.3) is 22.1 Å². The maximum absolute atomic E-state index is 4.64. The molecule has 0 aliphatic heterocycles. The van der Waals surface area contributed by atoms with Crippen LogP contribution in [-0.4, -0.2) is 32.0 Å². The van der Waals surface area contributed by atoms with Crippen molar-refractivity contribution >= 4 is 27.9 Å². The van der Waals surface area contributed by atoms with Gasteiger partial charge in [0, 0.05) is 12.7 Å². The molecule has 4 rings (SSSR count). The van der Waals surface area contributed by atoms with Gasteiger partial charge >= 0.3 is 0 Å². The van der Waals surface area contributed by atoms with E-state index in [1.807, 2.05) is 45.2 Å². The molecule has 0 bridgehead atoms. The van der Waals surface area contributed by atoms with E-state index in [9.17, 15) is 0 Å². The lowest BCUT2D eigenvalue weighted by Crippen LogP contribution is -2.19. The van der Waals surface area contributed by atoms with Crippen LogP contribution in [0.5, 0.6) is 0 Å². The van der Waals surface area contributed by atoms with Crippen LogP contribution in [0, 0.1) is 13.8 Å². The second kappa shape index (κ2) is 5.08. The molecule has 1 aromatic carbocycles. The lowest BCUT2D eigenvalue weighted by atomic mass is 10.3. The maximum atomic E-state index is 4.64. The molecule has 2 N–H and O–H groups in total. The molecule has 0 atom stereocenters. The zero-order valence-corrected chi connectivity index (χ0v) is 13.4. The largest absolute Gasteiger partial charge is 0.352 e. The second-order valence-electron chi connectivity index (χ2n) is 5.87. The van der Waals surface area contributed by atoms with Crippen LogP contribution in [0.3, 0.4) is 0 Å². The SMILES string of the molecule is Cc1nc(N(C)Cc2nc3ccccc3[nH]2)c2cc(C)[nH]c2n1. The highest BCUT2D eigenvalue weighted by Gasteiger charge is 2.14. The van der Waals surface area contributed by atoms with Gasteiger partial charge in [0.25, 0.3) is 0 Å². The number of H-pyrrole nitrogens is 2. The van der Waals surface area contributed by atoms with Gasteiger partial charge in [-0.25, -0.2) is 15.0 Å². The molecule has 0 radical (unpaired) electrons. The van der Waals surface area contributed by atoms with Gasteiger partial charge in [-0.2, -0.15) is 0 Å². The van der Waals surface area contributed by atoms with Crippen molar-refractivity contribution < 1.29 is 0 Å². The number of aryl methyl sites for hydroxylation is 2. The molecule has 116 valence electrons. The molecule has 0 saturated heterocycles. The number of imidazole rings is 1. The molecule has 23 heavy (non-hydrogen) atoms. The molecular weight excluding hydrogens is 288 g/mol. The van der Waals surface area contributed by atoms with Gasteiger partial charge in [0.1, 0.15) is 23.1 Å². The molecule has 0 amide bonds. The minimum absolute atomic E-state index is 0.657. The van der Waals surface area contributed by atoms with Crippen molar-refractivity contribution in [1.29, 1.82) is 0 Å². The Balaban J connectivity index is 1.72. The van der Waals surface area contributed by atoms with Crippen molar-refractivity contribution in [2.75, 3.05) is 11.9 Å². The van der Waals surface area contributed by atoms with E-state index >= 15 is 0 Å². The van der Waals surface area contributed by atoms with Crippen LogP contribution < -0.4 is 4.90 Å². The van der Waals surface area contributed by atoms with Crippen molar-refractivity contribution in [2.45, 2.75) is 20.4 Å². The molecule has 3 aromatic heterocycles. The summed E-state index contributed by atoms with van der Waals surface area (Å²) in [6.07, 6.45) is 0.